The number of hydrogen-bond acceptors (Lipinski definition) is 3. The predicted molar refractivity (Wildman–Crippen MR) is 59.5 cm³/mol. The molecule has 0 aliphatic rings. The number of thiazole rings is 1. The predicted octanol–water partition coefficient (Wildman–Crippen LogP) is 2.81. The number of rotatable bonds is 3. The molecule has 1 rings (SSSR count). The van der Waals surface area contributed by atoms with Gasteiger partial charge in [-0.1, -0.05) is 18.7 Å². The van der Waals surface area contributed by atoms with E-state index in [1.54, 1.807) is 17.5 Å². The summed E-state index contributed by atoms with van der Waals surface area (Å²) in [5.41, 5.74) is 0. The summed E-state index contributed by atoms with van der Waals surface area (Å²) in [4.78, 5) is 4.07. The molecule has 0 saturated heterocycles. The van der Waals surface area contributed by atoms with Crippen LogP contribution in [0.4, 0.5) is 5.13 Å². The third-order valence-corrected chi connectivity index (χ3v) is 5.59. The zero-order valence-electron chi connectivity index (χ0n) is 6.02. The van der Waals surface area contributed by atoms with Gasteiger partial charge < -0.3 is 5.09 Å². The fraction of sp³-hybridized carbons (Fsp3) is 0.400. The van der Waals surface area contributed by atoms with Gasteiger partial charge >= 0.3 is 0 Å². The standard InChI is InChI=1S/C5H9N2PS3/c1-2-8(9,10)7-5-6-3-4-11-5/h3-4H,2H2,1H3,(H2,6,7,9,10). The van der Waals surface area contributed by atoms with Gasteiger partial charge in [0.05, 0.1) is 5.39 Å². The molecule has 0 aliphatic heterocycles. The molecular formula is C5H9N2PS3. The Hall–Kier alpha value is 0.430. The highest BCUT2D eigenvalue weighted by Crippen LogP contribution is 2.50. The highest BCUT2D eigenvalue weighted by Gasteiger charge is 2.08. The van der Waals surface area contributed by atoms with Crippen molar-refractivity contribution in [1.82, 2.24) is 4.98 Å². The average Bonchev–Trinajstić information content (AvgIpc) is 2.39. The molecule has 0 radical (unpaired) electrons. The Morgan fingerprint density at radius 2 is 2.64 bits per heavy atom. The Labute approximate surface area is 80.7 Å². The first kappa shape index (κ1) is 9.52. The van der Waals surface area contributed by atoms with Crippen LogP contribution in [0.2, 0.25) is 0 Å². The number of anilines is 1. The monoisotopic (exact) mass is 224 g/mol. The smallest absolute Gasteiger partial charge is 0.186 e. The first-order valence-electron chi connectivity index (χ1n) is 3.13. The molecular weight excluding hydrogens is 215 g/mol. The van der Waals surface area contributed by atoms with Crippen LogP contribution in [0.1, 0.15) is 6.92 Å². The molecule has 1 aromatic heterocycles. The number of nitrogens with zero attached hydrogens (tertiary/aromatic N) is 1. The lowest BCUT2D eigenvalue weighted by molar-refractivity contribution is 1.41. The van der Waals surface area contributed by atoms with Gasteiger partial charge in [-0.15, -0.1) is 23.6 Å². The highest BCUT2D eigenvalue weighted by molar-refractivity contribution is 8.63. The fourth-order valence-corrected chi connectivity index (χ4v) is 2.99. The van der Waals surface area contributed by atoms with Crippen molar-refractivity contribution in [3.05, 3.63) is 11.6 Å². The number of thiol groups is 1. The number of nitrogens with one attached hydrogen (secondary N) is 1. The molecule has 1 heterocycles. The Kier molecular flexibility index (Phi) is 3.37. The first-order chi connectivity index (χ1) is 5.14. The SMILES string of the molecule is CCP(=S)(S)Nc1nccs1. The van der Waals surface area contributed by atoms with Gasteiger partial charge in [-0.25, -0.2) is 4.98 Å². The van der Waals surface area contributed by atoms with E-state index in [2.05, 4.69) is 22.3 Å². The van der Waals surface area contributed by atoms with Crippen molar-refractivity contribution in [2.45, 2.75) is 6.92 Å². The summed E-state index contributed by atoms with van der Waals surface area (Å²) < 4.78 is 0. The average molecular weight is 224 g/mol. The molecule has 1 N–H and O–H groups in total. The second kappa shape index (κ2) is 3.90. The molecule has 0 fully saturated rings. The van der Waals surface area contributed by atoms with E-state index in [9.17, 15) is 0 Å². The Balaban J connectivity index is 2.63. The summed E-state index contributed by atoms with van der Waals surface area (Å²) in [5.74, 6) is 0. The molecule has 1 atom stereocenters. The van der Waals surface area contributed by atoms with Crippen molar-refractivity contribution < 1.29 is 0 Å². The molecule has 0 bridgehead atoms. The molecule has 6 heteroatoms. The third kappa shape index (κ3) is 3.11. The van der Waals surface area contributed by atoms with Gasteiger partial charge in [-0.05, 0) is 6.16 Å². The fourth-order valence-electron chi connectivity index (χ4n) is 0.507. The van der Waals surface area contributed by atoms with Crippen LogP contribution < -0.4 is 5.09 Å². The molecule has 62 valence electrons. The molecule has 0 spiro atoms. The van der Waals surface area contributed by atoms with Crippen LogP contribution in [-0.2, 0) is 11.8 Å². The zero-order valence-corrected chi connectivity index (χ0v) is 9.44. The van der Waals surface area contributed by atoms with Gasteiger partial charge in [0, 0.05) is 11.6 Å². The molecule has 0 aromatic carbocycles. The minimum atomic E-state index is -1.64. The van der Waals surface area contributed by atoms with Crippen LogP contribution in [0.25, 0.3) is 0 Å². The minimum absolute atomic E-state index is 0.880. The van der Waals surface area contributed by atoms with E-state index < -0.39 is 5.39 Å². The van der Waals surface area contributed by atoms with Gasteiger partial charge in [0.15, 0.2) is 5.13 Å². The maximum absolute atomic E-state index is 5.22. The maximum atomic E-state index is 5.22. The third-order valence-electron chi connectivity index (χ3n) is 1.13. The lowest BCUT2D eigenvalue weighted by Crippen LogP contribution is -1.91. The van der Waals surface area contributed by atoms with Crippen LogP contribution >= 0.6 is 29.0 Å². The van der Waals surface area contributed by atoms with E-state index in [4.69, 9.17) is 11.8 Å². The molecule has 0 saturated carbocycles. The van der Waals surface area contributed by atoms with Gasteiger partial charge in [0.2, 0.25) is 0 Å². The van der Waals surface area contributed by atoms with Crippen molar-refractivity contribution in [2.24, 2.45) is 0 Å². The normalized spacial score (nSPS) is 15.8. The van der Waals surface area contributed by atoms with Crippen LogP contribution in [0, 0.1) is 0 Å². The van der Waals surface area contributed by atoms with Gasteiger partial charge in [-0.3, -0.25) is 0 Å². The van der Waals surface area contributed by atoms with Gasteiger partial charge in [-0.2, -0.15) is 0 Å². The molecule has 0 aliphatic carbocycles. The minimum Gasteiger partial charge on any atom is -0.326 e. The Morgan fingerprint density at radius 1 is 1.91 bits per heavy atom. The van der Waals surface area contributed by atoms with E-state index in [1.165, 1.54) is 0 Å². The quantitative estimate of drug-likeness (QED) is 0.610. The maximum Gasteiger partial charge on any atom is 0.186 e. The van der Waals surface area contributed by atoms with E-state index in [0.717, 1.165) is 11.3 Å². The van der Waals surface area contributed by atoms with E-state index >= 15 is 0 Å². The van der Waals surface area contributed by atoms with Crippen LogP contribution in [0.3, 0.4) is 0 Å². The second-order valence-electron chi connectivity index (χ2n) is 1.97. The molecule has 11 heavy (non-hydrogen) atoms. The van der Waals surface area contributed by atoms with Crippen molar-refractivity contribution in [1.29, 1.82) is 0 Å². The zero-order chi connectivity index (χ0) is 8.32. The van der Waals surface area contributed by atoms with Crippen molar-refractivity contribution in [3.63, 3.8) is 0 Å². The summed E-state index contributed by atoms with van der Waals surface area (Å²) in [6.45, 7) is 2.04. The lowest BCUT2D eigenvalue weighted by Gasteiger charge is -2.13. The van der Waals surface area contributed by atoms with Gasteiger partial charge in [0.25, 0.3) is 0 Å². The topological polar surface area (TPSA) is 24.9 Å². The molecule has 1 unspecified atom stereocenters. The number of hydrogen-bond donors (Lipinski definition) is 2. The highest BCUT2D eigenvalue weighted by atomic mass is 32.9. The molecule has 2 nitrogen and oxygen atoms in total. The second-order valence-corrected chi connectivity index (χ2v) is 9.85. The summed E-state index contributed by atoms with van der Waals surface area (Å²) in [5, 5.41) is 4.31. The van der Waals surface area contributed by atoms with Crippen molar-refractivity contribution >= 4 is 45.9 Å². The van der Waals surface area contributed by atoms with Crippen molar-refractivity contribution in [2.75, 3.05) is 11.2 Å². The van der Waals surface area contributed by atoms with Gasteiger partial charge in [0.1, 0.15) is 0 Å². The van der Waals surface area contributed by atoms with E-state index in [0.29, 0.717) is 0 Å². The summed E-state index contributed by atoms with van der Waals surface area (Å²) in [6.07, 6.45) is 2.65. The first-order valence-corrected chi connectivity index (χ1v) is 8.15. The summed E-state index contributed by atoms with van der Waals surface area (Å²) in [7, 11) is 0. The Morgan fingerprint density at radius 3 is 3.09 bits per heavy atom. The summed E-state index contributed by atoms with van der Waals surface area (Å²) >= 11 is 11.1. The Bertz CT molecular complexity index is 259. The molecule has 1 aromatic rings. The largest absolute Gasteiger partial charge is 0.326 e. The van der Waals surface area contributed by atoms with Crippen LogP contribution in [-0.4, -0.2) is 11.1 Å². The van der Waals surface area contributed by atoms with Crippen LogP contribution in [0.15, 0.2) is 11.6 Å². The lowest BCUT2D eigenvalue weighted by atomic mass is 11.0. The molecule has 0 amide bonds. The van der Waals surface area contributed by atoms with E-state index in [-0.39, 0.29) is 0 Å². The summed E-state index contributed by atoms with van der Waals surface area (Å²) in [6, 6.07) is 0. The number of aromatic nitrogens is 1. The van der Waals surface area contributed by atoms with Crippen LogP contribution in [0.5, 0.6) is 0 Å². The van der Waals surface area contributed by atoms with Crippen molar-refractivity contribution in [3.8, 4) is 0 Å². The van der Waals surface area contributed by atoms with E-state index in [1.807, 2.05) is 12.3 Å².